The van der Waals surface area contributed by atoms with Crippen LogP contribution >= 0.6 is 24.8 Å². The summed E-state index contributed by atoms with van der Waals surface area (Å²) in [6, 6.07) is 13.0. The molecule has 0 spiro atoms. The summed E-state index contributed by atoms with van der Waals surface area (Å²) in [4.78, 5) is 19.5. The molecule has 0 saturated heterocycles. The van der Waals surface area contributed by atoms with Gasteiger partial charge in [0, 0.05) is 23.2 Å². The molecule has 4 aromatic rings. The second-order valence-corrected chi connectivity index (χ2v) is 6.89. The third kappa shape index (κ3) is 5.16. The van der Waals surface area contributed by atoms with Gasteiger partial charge in [-0.15, -0.1) is 24.8 Å². The number of imidazole rings is 1. The molecule has 0 radical (unpaired) electrons. The van der Waals surface area contributed by atoms with Gasteiger partial charge in [0.1, 0.15) is 11.4 Å². The summed E-state index contributed by atoms with van der Waals surface area (Å²) in [6.07, 6.45) is 1.96. The molecule has 11 heteroatoms. The molecule has 4 rings (SSSR count). The SMILES string of the molecule is COc1ccc(-c2nc3ccccn3c2C(C)(C)N)c2ccc(=O)[nH]c12.Cl.Cl.O.O.O. The number of aromatic nitrogens is 3. The number of H-pyrrole nitrogens is 1. The highest BCUT2D eigenvalue weighted by Crippen LogP contribution is 2.37. The molecular weight excluding hydrogens is 447 g/mol. The van der Waals surface area contributed by atoms with E-state index in [0.29, 0.717) is 11.3 Å². The number of rotatable bonds is 3. The van der Waals surface area contributed by atoms with Gasteiger partial charge in [0.25, 0.3) is 0 Å². The van der Waals surface area contributed by atoms with Gasteiger partial charge >= 0.3 is 0 Å². The van der Waals surface area contributed by atoms with Crippen LogP contribution < -0.4 is 16.0 Å². The molecule has 0 saturated carbocycles. The van der Waals surface area contributed by atoms with Crippen molar-refractivity contribution in [3.8, 4) is 17.0 Å². The topological polar surface area (TPSA) is 180 Å². The minimum atomic E-state index is -0.607. The van der Waals surface area contributed by atoms with Crippen molar-refractivity contribution in [3.63, 3.8) is 0 Å². The summed E-state index contributed by atoms with van der Waals surface area (Å²) in [7, 11) is 1.58. The Balaban J connectivity index is 0. The standard InChI is InChI=1S/C20H20N4O2.2ClH.3H2O/c1-20(2,21)19-18(22-15-6-4-5-11-24(15)19)13-7-9-14(26-3)17-12(13)8-10-16(25)23-17;;;;;/h4-11H,21H2,1-3H3,(H,23,25);2*1H;3*1H2. The predicted molar refractivity (Wildman–Crippen MR) is 128 cm³/mol. The Morgan fingerprint density at radius 2 is 1.71 bits per heavy atom. The molecule has 31 heavy (non-hydrogen) atoms. The lowest BCUT2D eigenvalue weighted by Crippen LogP contribution is -2.31. The van der Waals surface area contributed by atoms with Crippen LogP contribution in [0.2, 0.25) is 0 Å². The third-order valence-electron chi connectivity index (χ3n) is 4.47. The lowest BCUT2D eigenvalue weighted by molar-refractivity contribution is 0.419. The molecule has 3 aromatic heterocycles. The van der Waals surface area contributed by atoms with E-state index in [1.165, 1.54) is 6.07 Å². The molecule has 3 heterocycles. The lowest BCUT2D eigenvalue weighted by Gasteiger charge is -2.21. The van der Waals surface area contributed by atoms with Crippen LogP contribution in [0, 0.1) is 0 Å². The summed E-state index contributed by atoms with van der Waals surface area (Å²) in [5.41, 5.74) is 9.77. The Bertz CT molecular complexity index is 1200. The molecule has 0 aliphatic heterocycles. The minimum Gasteiger partial charge on any atom is -0.495 e. The average Bonchev–Trinajstić information content (AvgIpc) is 3.00. The number of hydrogen-bond donors (Lipinski definition) is 2. The van der Waals surface area contributed by atoms with Crippen molar-refractivity contribution in [2.45, 2.75) is 19.4 Å². The smallest absolute Gasteiger partial charge is 0.248 e. The maximum absolute atomic E-state index is 11.8. The van der Waals surface area contributed by atoms with Crippen molar-refractivity contribution in [2.24, 2.45) is 5.73 Å². The normalized spacial score (nSPS) is 10.1. The fraction of sp³-hybridized carbons (Fsp3) is 0.200. The van der Waals surface area contributed by atoms with Crippen LogP contribution in [0.15, 0.2) is 53.5 Å². The number of nitrogens with zero attached hydrogens (tertiary/aromatic N) is 2. The highest BCUT2D eigenvalue weighted by molar-refractivity contribution is 5.98. The second-order valence-electron chi connectivity index (χ2n) is 6.89. The first-order chi connectivity index (χ1) is 12.4. The minimum absolute atomic E-state index is 0. The Morgan fingerprint density at radius 3 is 2.32 bits per heavy atom. The molecule has 0 fully saturated rings. The fourth-order valence-electron chi connectivity index (χ4n) is 3.40. The van der Waals surface area contributed by atoms with Gasteiger partial charge < -0.3 is 36.3 Å². The summed E-state index contributed by atoms with van der Waals surface area (Å²) in [5, 5.41) is 0.859. The van der Waals surface area contributed by atoms with E-state index < -0.39 is 5.54 Å². The molecule has 0 aliphatic rings. The van der Waals surface area contributed by atoms with Crippen molar-refractivity contribution >= 4 is 41.4 Å². The van der Waals surface area contributed by atoms with Crippen LogP contribution in [-0.2, 0) is 5.54 Å². The van der Waals surface area contributed by atoms with E-state index in [1.807, 2.05) is 54.8 Å². The Kier molecular flexibility index (Phi) is 10.9. The summed E-state index contributed by atoms with van der Waals surface area (Å²) < 4.78 is 7.42. The Hall–Kier alpha value is -2.66. The van der Waals surface area contributed by atoms with E-state index in [4.69, 9.17) is 15.5 Å². The van der Waals surface area contributed by atoms with Crippen LogP contribution in [0.1, 0.15) is 19.5 Å². The average molecular weight is 475 g/mol. The molecule has 1 aromatic carbocycles. The van der Waals surface area contributed by atoms with Gasteiger partial charge in [-0.1, -0.05) is 6.07 Å². The first-order valence-electron chi connectivity index (χ1n) is 8.37. The van der Waals surface area contributed by atoms with Gasteiger partial charge in [0.15, 0.2) is 0 Å². The van der Waals surface area contributed by atoms with Crippen LogP contribution in [0.4, 0.5) is 0 Å². The molecule has 9 N–H and O–H groups in total. The summed E-state index contributed by atoms with van der Waals surface area (Å²) >= 11 is 0. The molecule has 172 valence electrons. The number of fused-ring (bicyclic) bond motifs is 2. The van der Waals surface area contributed by atoms with Crippen molar-refractivity contribution in [3.05, 3.63) is 64.7 Å². The molecule has 0 atom stereocenters. The summed E-state index contributed by atoms with van der Waals surface area (Å²) in [6.45, 7) is 3.92. The quantitative estimate of drug-likeness (QED) is 0.455. The van der Waals surface area contributed by atoms with Crippen molar-refractivity contribution in [2.75, 3.05) is 7.11 Å². The van der Waals surface area contributed by atoms with Gasteiger partial charge in [0.05, 0.1) is 29.6 Å². The van der Waals surface area contributed by atoms with E-state index in [9.17, 15) is 4.79 Å². The first kappa shape index (κ1) is 30.5. The molecule has 9 nitrogen and oxygen atoms in total. The number of hydrogen-bond acceptors (Lipinski definition) is 4. The van der Waals surface area contributed by atoms with Gasteiger partial charge in [0.2, 0.25) is 5.56 Å². The molecule has 0 unspecified atom stereocenters. The van der Waals surface area contributed by atoms with Crippen molar-refractivity contribution < 1.29 is 21.2 Å². The summed E-state index contributed by atoms with van der Waals surface area (Å²) in [5.74, 6) is 0.610. The molecule has 0 amide bonds. The zero-order valence-corrected chi connectivity index (χ0v) is 18.9. The van der Waals surface area contributed by atoms with Crippen LogP contribution in [0.3, 0.4) is 0 Å². The van der Waals surface area contributed by atoms with Gasteiger partial charge in [-0.05, 0) is 44.2 Å². The van der Waals surface area contributed by atoms with E-state index in [0.717, 1.165) is 28.0 Å². The number of benzene rings is 1. The molecular formula is C20H28Cl2N4O5. The second kappa shape index (κ2) is 11.1. The highest BCUT2D eigenvalue weighted by Gasteiger charge is 2.26. The lowest BCUT2D eigenvalue weighted by atomic mass is 9.95. The van der Waals surface area contributed by atoms with Gasteiger partial charge in [-0.25, -0.2) is 4.98 Å². The van der Waals surface area contributed by atoms with E-state index in [-0.39, 0.29) is 46.8 Å². The monoisotopic (exact) mass is 474 g/mol. The zero-order valence-electron chi connectivity index (χ0n) is 17.2. The number of aromatic amines is 1. The Labute approximate surface area is 191 Å². The Morgan fingerprint density at radius 1 is 1.03 bits per heavy atom. The first-order valence-corrected chi connectivity index (χ1v) is 8.37. The van der Waals surface area contributed by atoms with E-state index in [2.05, 4.69) is 4.98 Å². The van der Waals surface area contributed by atoms with Crippen LogP contribution in [0.5, 0.6) is 5.75 Å². The maximum atomic E-state index is 11.8. The third-order valence-corrected chi connectivity index (χ3v) is 4.47. The largest absolute Gasteiger partial charge is 0.495 e. The number of halogens is 2. The maximum Gasteiger partial charge on any atom is 0.248 e. The number of methoxy groups -OCH3 is 1. The van der Waals surface area contributed by atoms with Gasteiger partial charge in [-0.2, -0.15) is 0 Å². The molecule has 0 aliphatic carbocycles. The number of nitrogens with one attached hydrogen (secondary N) is 1. The number of pyridine rings is 2. The predicted octanol–water partition coefficient (Wildman–Crippen LogP) is 1.41. The van der Waals surface area contributed by atoms with Crippen LogP contribution in [0.25, 0.3) is 27.8 Å². The molecule has 0 bridgehead atoms. The van der Waals surface area contributed by atoms with E-state index in [1.54, 1.807) is 13.2 Å². The fourth-order valence-corrected chi connectivity index (χ4v) is 3.40. The van der Waals surface area contributed by atoms with E-state index >= 15 is 0 Å². The number of ether oxygens (including phenoxy) is 1. The van der Waals surface area contributed by atoms with Crippen molar-refractivity contribution in [1.29, 1.82) is 0 Å². The van der Waals surface area contributed by atoms with Crippen LogP contribution in [-0.4, -0.2) is 37.9 Å². The van der Waals surface area contributed by atoms with Gasteiger partial charge in [-0.3, -0.25) is 4.79 Å². The van der Waals surface area contributed by atoms with Crippen molar-refractivity contribution in [1.82, 2.24) is 14.4 Å². The zero-order chi connectivity index (χ0) is 18.5. The number of nitrogens with two attached hydrogens (primary N) is 1. The highest BCUT2D eigenvalue weighted by atomic mass is 35.5.